The Kier molecular flexibility index (Phi) is 2.26. The summed E-state index contributed by atoms with van der Waals surface area (Å²) in [6.07, 6.45) is 3.41. The van der Waals surface area contributed by atoms with Crippen LogP contribution in [0.3, 0.4) is 0 Å². The monoisotopic (exact) mass is 241 g/mol. The van der Waals surface area contributed by atoms with E-state index in [4.69, 9.17) is 5.73 Å². The van der Waals surface area contributed by atoms with Gasteiger partial charge in [-0.25, -0.2) is 0 Å². The van der Waals surface area contributed by atoms with Crippen molar-refractivity contribution in [1.29, 1.82) is 0 Å². The first-order chi connectivity index (χ1) is 8.83. The zero-order valence-corrected chi connectivity index (χ0v) is 10.5. The Morgan fingerprint density at radius 3 is 3.06 bits per heavy atom. The first-order valence-corrected chi connectivity index (χ1v) is 6.92. The van der Waals surface area contributed by atoms with Crippen LogP contribution >= 0.6 is 0 Å². The van der Waals surface area contributed by atoms with E-state index in [-0.39, 0.29) is 0 Å². The van der Waals surface area contributed by atoms with Crippen molar-refractivity contribution in [2.45, 2.75) is 31.3 Å². The molecule has 0 aliphatic carbocycles. The molecule has 3 heteroatoms. The van der Waals surface area contributed by atoms with E-state index in [9.17, 15) is 0 Å². The minimum Gasteiger partial charge on any atom is -0.357 e. The molecule has 0 amide bonds. The number of hydrogen-bond acceptors (Lipinski definition) is 2. The van der Waals surface area contributed by atoms with Gasteiger partial charge >= 0.3 is 0 Å². The van der Waals surface area contributed by atoms with Gasteiger partial charge in [-0.2, -0.15) is 0 Å². The van der Waals surface area contributed by atoms with Crippen molar-refractivity contribution in [2.24, 2.45) is 5.73 Å². The molecule has 0 spiro atoms. The highest BCUT2D eigenvalue weighted by molar-refractivity contribution is 5.85. The molecule has 1 fully saturated rings. The third-order valence-corrected chi connectivity index (χ3v) is 4.58. The molecular weight excluding hydrogens is 222 g/mol. The van der Waals surface area contributed by atoms with Crippen LogP contribution in [-0.2, 0) is 6.42 Å². The molecule has 0 saturated carbocycles. The average Bonchev–Trinajstić information content (AvgIpc) is 2.78. The summed E-state index contributed by atoms with van der Waals surface area (Å²) in [7, 11) is 0. The van der Waals surface area contributed by atoms with Gasteiger partial charge in [0.15, 0.2) is 0 Å². The Bertz CT molecular complexity index is 586. The molecule has 1 saturated heterocycles. The van der Waals surface area contributed by atoms with Crippen LogP contribution in [-0.4, -0.2) is 29.0 Å². The number of hydrogen-bond donors (Lipinski definition) is 2. The van der Waals surface area contributed by atoms with Crippen molar-refractivity contribution in [3.63, 3.8) is 0 Å². The predicted octanol–water partition coefficient (Wildman–Crippen LogP) is 2.19. The molecular formula is C15H19N3. The molecule has 2 aromatic rings. The smallest absolute Gasteiger partial charge is 0.0516 e. The first-order valence-electron chi connectivity index (χ1n) is 6.92. The van der Waals surface area contributed by atoms with Gasteiger partial charge < -0.3 is 10.7 Å². The van der Waals surface area contributed by atoms with Crippen molar-refractivity contribution in [3.8, 4) is 0 Å². The molecule has 1 aromatic carbocycles. The Labute approximate surface area is 107 Å². The van der Waals surface area contributed by atoms with Gasteiger partial charge in [-0.3, -0.25) is 4.90 Å². The lowest BCUT2D eigenvalue weighted by Crippen LogP contribution is -2.45. The van der Waals surface area contributed by atoms with Gasteiger partial charge in [0.05, 0.1) is 6.04 Å². The fourth-order valence-corrected chi connectivity index (χ4v) is 3.64. The van der Waals surface area contributed by atoms with Gasteiger partial charge in [0.1, 0.15) is 0 Å². The van der Waals surface area contributed by atoms with Crippen LogP contribution in [0.2, 0.25) is 0 Å². The molecule has 2 atom stereocenters. The predicted molar refractivity (Wildman–Crippen MR) is 73.5 cm³/mol. The van der Waals surface area contributed by atoms with Crippen molar-refractivity contribution in [2.75, 3.05) is 13.1 Å². The maximum absolute atomic E-state index is 6.15. The summed E-state index contributed by atoms with van der Waals surface area (Å²) in [6, 6.07) is 9.54. The van der Waals surface area contributed by atoms with Crippen molar-refractivity contribution in [3.05, 3.63) is 35.5 Å². The Hall–Kier alpha value is -1.32. The number of fused-ring (bicyclic) bond motifs is 5. The van der Waals surface area contributed by atoms with E-state index in [0.29, 0.717) is 12.1 Å². The molecule has 2 aliphatic rings. The maximum atomic E-state index is 6.15. The number of nitrogens with zero attached hydrogens (tertiary/aromatic N) is 1. The van der Waals surface area contributed by atoms with Crippen LogP contribution in [0.25, 0.3) is 10.9 Å². The number of nitrogens with two attached hydrogens (primary N) is 1. The second kappa shape index (κ2) is 3.84. The standard InChI is InChI=1S/C15H19N3/c16-10-5-7-18-8-6-12-11-3-1-2-4-13(11)17-15(12)14(18)9-10/h1-4,10,14,17H,5-9,16H2/t10-,14-/m1/s1. The van der Waals surface area contributed by atoms with Gasteiger partial charge in [-0.1, -0.05) is 18.2 Å². The summed E-state index contributed by atoms with van der Waals surface area (Å²) >= 11 is 0. The summed E-state index contributed by atoms with van der Waals surface area (Å²) in [6.45, 7) is 2.34. The van der Waals surface area contributed by atoms with E-state index in [2.05, 4.69) is 34.1 Å². The fraction of sp³-hybridized carbons (Fsp3) is 0.467. The molecule has 4 rings (SSSR count). The molecule has 94 valence electrons. The van der Waals surface area contributed by atoms with Crippen LogP contribution in [0.4, 0.5) is 0 Å². The third kappa shape index (κ3) is 1.44. The zero-order valence-electron chi connectivity index (χ0n) is 10.5. The molecule has 2 aliphatic heterocycles. The van der Waals surface area contributed by atoms with Crippen LogP contribution in [0.5, 0.6) is 0 Å². The summed E-state index contributed by atoms with van der Waals surface area (Å²) in [5.41, 5.74) is 10.4. The fourth-order valence-electron chi connectivity index (χ4n) is 3.64. The van der Waals surface area contributed by atoms with Gasteiger partial charge in [0, 0.05) is 35.7 Å². The normalized spacial score (nSPS) is 28.1. The van der Waals surface area contributed by atoms with Crippen molar-refractivity contribution < 1.29 is 0 Å². The topological polar surface area (TPSA) is 45.0 Å². The SMILES string of the molecule is N[C@@H]1CCN2CCc3c([nH]c4ccccc34)[C@H]2C1. The lowest BCUT2D eigenvalue weighted by atomic mass is 9.89. The van der Waals surface area contributed by atoms with Crippen LogP contribution in [0, 0.1) is 0 Å². The highest BCUT2D eigenvalue weighted by Crippen LogP contribution is 2.38. The van der Waals surface area contributed by atoms with Crippen molar-refractivity contribution in [1.82, 2.24) is 9.88 Å². The molecule has 0 unspecified atom stereocenters. The summed E-state index contributed by atoms with van der Waals surface area (Å²) < 4.78 is 0. The van der Waals surface area contributed by atoms with E-state index < -0.39 is 0 Å². The Morgan fingerprint density at radius 2 is 2.11 bits per heavy atom. The number of benzene rings is 1. The quantitative estimate of drug-likeness (QED) is 0.742. The number of aromatic amines is 1. The lowest BCUT2D eigenvalue weighted by molar-refractivity contribution is 0.124. The highest BCUT2D eigenvalue weighted by Gasteiger charge is 2.34. The van der Waals surface area contributed by atoms with Crippen molar-refractivity contribution >= 4 is 10.9 Å². The van der Waals surface area contributed by atoms with E-state index in [1.807, 2.05) is 0 Å². The number of para-hydroxylation sites is 1. The van der Waals surface area contributed by atoms with Crippen LogP contribution in [0.15, 0.2) is 24.3 Å². The average molecular weight is 241 g/mol. The minimum atomic E-state index is 0.364. The molecule has 1 aromatic heterocycles. The lowest BCUT2D eigenvalue weighted by Gasteiger charge is -2.41. The summed E-state index contributed by atoms with van der Waals surface area (Å²) in [5.74, 6) is 0. The number of H-pyrrole nitrogens is 1. The van der Waals surface area contributed by atoms with E-state index >= 15 is 0 Å². The Balaban J connectivity index is 1.86. The van der Waals surface area contributed by atoms with Gasteiger partial charge in [-0.15, -0.1) is 0 Å². The van der Waals surface area contributed by atoms with Crippen LogP contribution in [0.1, 0.15) is 30.1 Å². The molecule has 18 heavy (non-hydrogen) atoms. The second-order valence-corrected chi connectivity index (χ2v) is 5.65. The molecule has 3 heterocycles. The second-order valence-electron chi connectivity index (χ2n) is 5.65. The van der Waals surface area contributed by atoms with E-state index in [1.54, 1.807) is 0 Å². The number of rotatable bonds is 0. The zero-order chi connectivity index (χ0) is 12.1. The van der Waals surface area contributed by atoms with Gasteiger partial charge in [0.25, 0.3) is 0 Å². The van der Waals surface area contributed by atoms with Gasteiger partial charge in [-0.05, 0) is 30.9 Å². The number of aromatic nitrogens is 1. The number of nitrogens with one attached hydrogen (secondary N) is 1. The van der Waals surface area contributed by atoms with Crippen LogP contribution < -0.4 is 5.73 Å². The minimum absolute atomic E-state index is 0.364. The van der Waals surface area contributed by atoms with Gasteiger partial charge in [0.2, 0.25) is 0 Å². The largest absolute Gasteiger partial charge is 0.357 e. The first kappa shape index (κ1) is 10.6. The summed E-state index contributed by atoms with van der Waals surface area (Å²) in [5, 5.41) is 1.41. The Morgan fingerprint density at radius 1 is 1.22 bits per heavy atom. The molecule has 3 N–H and O–H groups in total. The molecule has 0 bridgehead atoms. The maximum Gasteiger partial charge on any atom is 0.0516 e. The highest BCUT2D eigenvalue weighted by atomic mass is 15.2. The van der Waals surface area contributed by atoms with E-state index in [0.717, 1.165) is 19.4 Å². The van der Waals surface area contributed by atoms with E-state index in [1.165, 1.54) is 35.1 Å². The molecule has 0 radical (unpaired) electrons. The molecule has 3 nitrogen and oxygen atoms in total. The third-order valence-electron chi connectivity index (χ3n) is 4.58. The summed E-state index contributed by atoms with van der Waals surface area (Å²) in [4.78, 5) is 6.24. The number of piperidine rings is 1.